The SMILES string of the molecule is O=[N+]([O-])OCN1c2nonc2N(CO[N+](=O)[O-])c2nonc21. The summed E-state index contributed by atoms with van der Waals surface area (Å²) in [6.45, 7) is -1.20. The van der Waals surface area contributed by atoms with Crippen molar-refractivity contribution in [1.29, 1.82) is 0 Å². The zero-order valence-electron chi connectivity index (χ0n) is 10.3. The van der Waals surface area contributed by atoms with Gasteiger partial charge >= 0.3 is 0 Å². The van der Waals surface area contributed by atoms with Gasteiger partial charge in [0.15, 0.2) is 13.5 Å². The fourth-order valence-corrected chi connectivity index (χ4v) is 1.69. The summed E-state index contributed by atoms with van der Waals surface area (Å²) < 4.78 is 9.04. The Kier molecular flexibility index (Phi) is 3.01. The van der Waals surface area contributed by atoms with Crippen LogP contribution in [0.25, 0.3) is 0 Å². The molecule has 116 valence electrons. The molecule has 2 aromatic rings. The molecule has 0 atom stereocenters. The van der Waals surface area contributed by atoms with Gasteiger partial charge in [-0.3, -0.25) is 19.5 Å². The number of anilines is 4. The molecule has 0 aromatic carbocycles. The lowest BCUT2D eigenvalue weighted by atomic mass is 10.3. The van der Waals surface area contributed by atoms with Crippen LogP contribution in [-0.4, -0.2) is 44.3 Å². The van der Waals surface area contributed by atoms with Crippen LogP contribution >= 0.6 is 0 Å². The van der Waals surface area contributed by atoms with Crippen molar-refractivity contribution in [3.05, 3.63) is 20.2 Å². The Balaban J connectivity index is 1.95. The van der Waals surface area contributed by atoms with Crippen LogP contribution < -0.4 is 9.80 Å². The lowest BCUT2D eigenvalue weighted by molar-refractivity contribution is -0.757. The third kappa shape index (κ3) is 2.13. The third-order valence-electron chi connectivity index (χ3n) is 2.52. The second-order valence-corrected chi connectivity index (χ2v) is 3.64. The summed E-state index contributed by atoms with van der Waals surface area (Å²) in [6, 6.07) is 0. The van der Waals surface area contributed by atoms with Gasteiger partial charge in [-0.2, -0.15) is 0 Å². The molecule has 0 unspecified atom stereocenters. The second-order valence-electron chi connectivity index (χ2n) is 3.64. The van der Waals surface area contributed by atoms with Gasteiger partial charge in [-0.15, -0.1) is 20.2 Å². The minimum Gasteiger partial charge on any atom is -0.292 e. The summed E-state index contributed by atoms with van der Waals surface area (Å²) in [5.41, 5.74) is 0. The highest BCUT2D eigenvalue weighted by Gasteiger charge is 2.38. The smallest absolute Gasteiger partial charge is 0.292 e. The molecule has 0 amide bonds. The molecule has 0 spiro atoms. The van der Waals surface area contributed by atoms with E-state index in [9.17, 15) is 20.2 Å². The van der Waals surface area contributed by atoms with Crippen LogP contribution in [0.1, 0.15) is 0 Å². The first-order valence-corrected chi connectivity index (χ1v) is 5.32. The normalized spacial score (nSPS) is 12.5. The number of hydrogen-bond acceptors (Lipinski definition) is 14. The molecule has 3 rings (SSSR count). The van der Waals surface area contributed by atoms with Crippen LogP contribution in [0.2, 0.25) is 0 Å². The van der Waals surface area contributed by atoms with E-state index < -0.39 is 23.6 Å². The molecule has 0 bridgehead atoms. The Hall–Kier alpha value is -3.72. The van der Waals surface area contributed by atoms with Crippen molar-refractivity contribution in [2.24, 2.45) is 0 Å². The van der Waals surface area contributed by atoms with Crippen molar-refractivity contribution in [3.63, 3.8) is 0 Å². The van der Waals surface area contributed by atoms with Gasteiger partial charge in [0.25, 0.3) is 10.2 Å². The van der Waals surface area contributed by atoms with Crippen LogP contribution in [0, 0.1) is 20.2 Å². The van der Waals surface area contributed by atoms with Crippen molar-refractivity contribution in [3.8, 4) is 0 Å². The van der Waals surface area contributed by atoms with Gasteiger partial charge in [-0.05, 0) is 20.6 Å². The van der Waals surface area contributed by atoms with Crippen LogP contribution in [-0.2, 0) is 9.68 Å². The number of hydrogen-bond donors (Lipinski definition) is 0. The highest BCUT2D eigenvalue weighted by molar-refractivity contribution is 5.84. The summed E-state index contributed by atoms with van der Waals surface area (Å²) in [5, 5.41) is 32.7. The van der Waals surface area contributed by atoms with Gasteiger partial charge < -0.3 is 0 Å². The van der Waals surface area contributed by atoms with Gasteiger partial charge in [0.1, 0.15) is 0 Å². The minimum atomic E-state index is -1.03. The number of rotatable bonds is 6. The Morgan fingerprint density at radius 2 is 1.14 bits per heavy atom. The van der Waals surface area contributed by atoms with Gasteiger partial charge in [0, 0.05) is 0 Å². The van der Waals surface area contributed by atoms with Crippen molar-refractivity contribution in [2.45, 2.75) is 0 Å². The maximum atomic E-state index is 10.3. The van der Waals surface area contributed by atoms with E-state index in [-0.39, 0.29) is 23.3 Å². The highest BCUT2D eigenvalue weighted by atomic mass is 17.0. The molecule has 0 fully saturated rings. The first-order chi connectivity index (χ1) is 10.6. The molecule has 0 N–H and O–H groups in total. The summed E-state index contributed by atoms with van der Waals surface area (Å²) in [5.74, 6) is -0.178. The molecule has 0 aliphatic carbocycles. The molecule has 1 aliphatic rings. The fourth-order valence-electron chi connectivity index (χ4n) is 1.69. The Morgan fingerprint density at radius 1 is 0.818 bits per heavy atom. The van der Waals surface area contributed by atoms with E-state index in [4.69, 9.17) is 0 Å². The van der Waals surface area contributed by atoms with Crippen molar-refractivity contribution in [1.82, 2.24) is 20.6 Å². The first-order valence-electron chi connectivity index (χ1n) is 5.32. The Bertz CT molecular complexity index is 614. The first kappa shape index (κ1) is 13.3. The fraction of sp³-hybridized carbons (Fsp3) is 0.333. The van der Waals surface area contributed by atoms with Gasteiger partial charge in [-0.25, -0.2) is 9.26 Å². The quantitative estimate of drug-likeness (QED) is 0.483. The molecule has 16 nitrogen and oxygen atoms in total. The summed E-state index contributed by atoms with van der Waals surface area (Å²) in [6.07, 6.45) is 0. The lowest BCUT2D eigenvalue weighted by Gasteiger charge is -2.28. The summed E-state index contributed by atoms with van der Waals surface area (Å²) in [4.78, 5) is 31.3. The highest BCUT2D eigenvalue weighted by Crippen LogP contribution is 2.43. The zero-order chi connectivity index (χ0) is 15.7. The summed E-state index contributed by atoms with van der Waals surface area (Å²) >= 11 is 0. The van der Waals surface area contributed by atoms with Crippen LogP contribution in [0.3, 0.4) is 0 Å². The van der Waals surface area contributed by atoms with Crippen LogP contribution in [0.5, 0.6) is 0 Å². The van der Waals surface area contributed by atoms with Crippen LogP contribution in [0.4, 0.5) is 23.3 Å². The van der Waals surface area contributed by atoms with E-state index in [2.05, 4.69) is 39.6 Å². The van der Waals surface area contributed by atoms with E-state index in [1.807, 2.05) is 0 Å². The maximum Gasteiger partial charge on any atom is 0.296 e. The molecule has 1 aliphatic heterocycles. The van der Waals surface area contributed by atoms with Gasteiger partial charge in [0.05, 0.1) is 0 Å². The van der Waals surface area contributed by atoms with E-state index in [0.29, 0.717) is 0 Å². The van der Waals surface area contributed by atoms with Crippen molar-refractivity contribution >= 4 is 23.3 Å². The molecule has 22 heavy (non-hydrogen) atoms. The van der Waals surface area contributed by atoms with Gasteiger partial charge in [0.2, 0.25) is 23.3 Å². The van der Waals surface area contributed by atoms with Gasteiger partial charge in [-0.1, -0.05) is 0 Å². The van der Waals surface area contributed by atoms with Crippen molar-refractivity contribution in [2.75, 3.05) is 23.3 Å². The van der Waals surface area contributed by atoms with E-state index in [0.717, 1.165) is 9.80 Å². The predicted molar refractivity (Wildman–Crippen MR) is 58.8 cm³/mol. The molecular formula is C6H4N8O8. The number of fused-ring (bicyclic) bond motifs is 2. The zero-order valence-corrected chi connectivity index (χ0v) is 10.3. The Morgan fingerprint density at radius 3 is 1.41 bits per heavy atom. The topological polar surface area (TPSA) is 189 Å². The van der Waals surface area contributed by atoms with Crippen LogP contribution in [0.15, 0.2) is 9.26 Å². The summed E-state index contributed by atoms with van der Waals surface area (Å²) in [7, 11) is 0. The molecule has 16 heteroatoms. The molecule has 0 saturated heterocycles. The average molecular weight is 316 g/mol. The predicted octanol–water partition coefficient (Wildman–Crippen LogP) is -0.626. The maximum absolute atomic E-state index is 10.3. The van der Waals surface area contributed by atoms with E-state index in [1.54, 1.807) is 0 Å². The van der Waals surface area contributed by atoms with E-state index in [1.165, 1.54) is 0 Å². The Labute approximate surface area is 117 Å². The molecular weight excluding hydrogens is 312 g/mol. The third-order valence-corrected chi connectivity index (χ3v) is 2.52. The lowest BCUT2D eigenvalue weighted by Crippen LogP contribution is -2.33. The standard InChI is InChI=1S/C6H4N8O8/c15-13(16)19-1-11-3-5(9-21-7-3)12(2-20-14(17)18)6-4(11)8-22-10-6/h1-2H2. The molecule has 0 saturated carbocycles. The number of nitrogens with zero attached hydrogens (tertiary/aromatic N) is 8. The second kappa shape index (κ2) is 5.00. The molecule has 2 aromatic heterocycles. The van der Waals surface area contributed by atoms with Crippen molar-refractivity contribution < 1.29 is 29.1 Å². The minimum absolute atomic E-state index is 0.0444. The number of aromatic nitrogens is 4. The monoisotopic (exact) mass is 316 g/mol. The molecule has 3 heterocycles. The van der Waals surface area contributed by atoms with E-state index >= 15 is 0 Å². The largest absolute Gasteiger partial charge is 0.296 e. The average Bonchev–Trinajstić information content (AvgIpc) is 3.10. The molecule has 0 radical (unpaired) electrons.